The monoisotopic (exact) mass is 543 g/mol. The van der Waals surface area contributed by atoms with Crippen molar-refractivity contribution in [1.82, 2.24) is 24.8 Å². The summed E-state index contributed by atoms with van der Waals surface area (Å²) in [6.07, 6.45) is 3.75. The van der Waals surface area contributed by atoms with Gasteiger partial charge in [0.15, 0.2) is 0 Å². The van der Waals surface area contributed by atoms with Gasteiger partial charge < -0.3 is 23.8 Å². The van der Waals surface area contributed by atoms with E-state index in [1.54, 1.807) is 24.6 Å². The normalized spacial score (nSPS) is 20.4. The third-order valence-electron chi connectivity index (χ3n) is 7.12. The Morgan fingerprint density at radius 1 is 1.16 bits per heavy atom. The van der Waals surface area contributed by atoms with Crippen LogP contribution in [0.2, 0.25) is 0 Å². The third-order valence-corrected chi connectivity index (χ3v) is 9.64. The van der Waals surface area contributed by atoms with E-state index in [1.165, 1.54) is 5.56 Å². The highest BCUT2D eigenvalue weighted by atomic mass is 32.2. The predicted octanol–water partition coefficient (Wildman–Crippen LogP) is 2.58. The molecule has 3 aromatic heterocycles. The van der Waals surface area contributed by atoms with E-state index in [1.807, 2.05) is 6.07 Å². The minimum absolute atomic E-state index is 0.196. The van der Waals surface area contributed by atoms with Gasteiger partial charge in [-0.15, -0.1) is 11.3 Å². The number of pyridine rings is 1. The molecular weight excluding hydrogens is 510 g/mol. The molecule has 198 valence electrons. The fourth-order valence-electron chi connectivity index (χ4n) is 4.70. The molecule has 3 aliphatic rings. The smallest absolute Gasteiger partial charge is 0.241 e. The van der Waals surface area contributed by atoms with Crippen LogP contribution in [0, 0.1) is 0 Å². The van der Waals surface area contributed by atoms with Crippen LogP contribution in [-0.2, 0) is 22.6 Å². The zero-order valence-corrected chi connectivity index (χ0v) is 22.9. The molecule has 3 aromatic rings. The van der Waals surface area contributed by atoms with Gasteiger partial charge in [0.25, 0.3) is 0 Å². The molecule has 12 heteroatoms. The number of hydrogen-bond donors (Lipinski definition) is 1. The molecule has 1 unspecified atom stereocenters. The van der Waals surface area contributed by atoms with E-state index in [2.05, 4.69) is 36.8 Å². The van der Waals surface area contributed by atoms with Crippen LogP contribution in [-0.4, -0.2) is 101 Å². The second-order valence-electron chi connectivity index (χ2n) is 9.87. The Morgan fingerprint density at radius 2 is 1.95 bits per heavy atom. The van der Waals surface area contributed by atoms with Gasteiger partial charge in [-0.3, -0.25) is 4.90 Å². The number of ether oxygens (including phenoxy) is 2. The summed E-state index contributed by atoms with van der Waals surface area (Å²) in [6, 6.07) is 1.96. The first-order valence-corrected chi connectivity index (χ1v) is 14.9. The average Bonchev–Trinajstić information content (AvgIpc) is 3.71. The molecular formula is C25H33N7O3S2. The van der Waals surface area contributed by atoms with Gasteiger partial charge in [0.2, 0.25) is 11.8 Å². The Bertz CT molecular complexity index is 1240. The summed E-state index contributed by atoms with van der Waals surface area (Å²) in [5, 5.41) is 2.42. The quantitative estimate of drug-likeness (QED) is 0.427. The largest absolute Gasteiger partial charge is 0.593 e. The number of aromatic nitrogens is 3. The molecule has 2 saturated heterocycles. The van der Waals surface area contributed by atoms with Gasteiger partial charge in [0.05, 0.1) is 47.6 Å². The molecule has 5 heterocycles. The van der Waals surface area contributed by atoms with E-state index in [4.69, 9.17) is 19.4 Å². The summed E-state index contributed by atoms with van der Waals surface area (Å²) < 4.78 is 27.9. The third kappa shape index (κ3) is 5.50. The van der Waals surface area contributed by atoms with E-state index < -0.39 is 11.4 Å². The Labute approximate surface area is 224 Å². The van der Waals surface area contributed by atoms with Crippen molar-refractivity contribution in [2.75, 3.05) is 76.3 Å². The highest BCUT2D eigenvalue weighted by Crippen LogP contribution is 2.38. The first-order valence-electron chi connectivity index (χ1n) is 12.8. The number of anilines is 2. The Balaban J connectivity index is 1.39. The first-order chi connectivity index (χ1) is 18.1. The summed E-state index contributed by atoms with van der Waals surface area (Å²) in [7, 11) is 3.76. The van der Waals surface area contributed by atoms with Crippen molar-refractivity contribution in [2.45, 2.75) is 24.6 Å². The summed E-state index contributed by atoms with van der Waals surface area (Å²) >= 11 is 0.522. The summed E-state index contributed by atoms with van der Waals surface area (Å²) in [6.45, 7) is 8.00. The maximum atomic E-state index is 12.6. The molecule has 37 heavy (non-hydrogen) atoms. The highest BCUT2D eigenvalue weighted by Gasteiger charge is 2.36. The van der Waals surface area contributed by atoms with E-state index >= 15 is 0 Å². The molecule has 0 aromatic carbocycles. The fraction of sp³-hybridized carbons (Fsp3) is 0.560. The van der Waals surface area contributed by atoms with E-state index in [0.29, 0.717) is 24.8 Å². The maximum absolute atomic E-state index is 12.6. The minimum Gasteiger partial charge on any atom is -0.593 e. The van der Waals surface area contributed by atoms with Gasteiger partial charge in [-0.1, -0.05) is 0 Å². The standard InChI is InChI=1S/C25H33N7O3S2/c1-30-5-7-31(8-6-30)15-18-16-36-23-21(27-25(28-22(18)23)32-9-11-35-12-10-32)17-13-20(24(34-2)26-14-17)29-37(33)19-3-4-19/h13-14,16,19,29H,3-12,15H2,1-2H3. The number of methoxy groups -OCH3 is 1. The number of fused-ring (bicyclic) bond motifs is 1. The van der Waals surface area contributed by atoms with Crippen LogP contribution in [0.15, 0.2) is 17.6 Å². The molecule has 0 amide bonds. The van der Waals surface area contributed by atoms with Crippen molar-refractivity contribution >= 4 is 44.6 Å². The SMILES string of the molecule is COc1ncc(-c2nc(N3CCOCC3)nc3c(CN4CCN(C)CC4)csc23)cc1N[S+]([O-])C1CC1. The van der Waals surface area contributed by atoms with Crippen LogP contribution in [0.4, 0.5) is 11.6 Å². The van der Waals surface area contributed by atoms with Crippen LogP contribution >= 0.6 is 11.3 Å². The lowest BCUT2D eigenvalue weighted by molar-refractivity contribution is 0.122. The van der Waals surface area contributed by atoms with Gasteiger partial charge in [-0.05, 0) is 18.5 Å². The summed E-state index contributed by atoms with van der Waals surface area (Å²) in [4.78, 5) is 21.7. The molecule has 3 fully saturated rings. The van der Waals surface area contributed by atoms with Gasteiger partial charge in [0, 0.05) is 76.0 Å². The molecule has 0 radical (unpaired) electrons. The second kappa shape index (κ2) is 10.9. The van der Waals surface area contributed by atoms with Crippen molar-refractivity contribution in [3.05, 3.63) is 23.2 Å². The van der Waals surface area contributed by atoms with Crippen LogP contribution in [0.25, 0.3) is 21.5 Å². The first kappa shape index (κ1) is 25.1. The van der Waals surface area contributed by atoms with E-state index in [0.717, 1.165) is 86.1 Å². The van der Waals surface area contributed by atoms with Crippen LogP contribution in [0.3, 0.4) is 0 Å². The van der Waals surface area contributed by atoms with Crippen molar-refractivity contribution in [1.29, 1.82) is 0 Å². The molecule has 10 nitrogen and oxygen atoms in total. The molecule has 0 bridgehead atoms. The number of likely N-dealkylation sites (N-methyl/N-ethyl adjacent to an activating group) is 1. The van der Waals surface area contributed by atoms with Crippen molar-refractivity contribution < 1.29 is 14.0 Å². The van der Waals surface area contributed by atoms with Crippen LogP contribution in [0.5, 0.6) is 5.88 Å². The average molecular weight is 544 g/mol. The number of piperazine rings is 1. The van der Waals surface area contributed by atoms with Crippen LogP contribution < -0.4 is 14.4 Å². The van der Waals surface area contributed by atoms with Gasteiger partial charge in [0.1, 0.15) is 10.9 Å². The van der Waals surface area contributed by atoms with Gasteiger partial charge in [-0.25, -0.2) is 19.7 Å². The van der Waals surface area contributed by atoms with E-state index in [-0.39, 0.29) is 5.25 Å². The number of nitrogens with one attached hydrogen (secondary N) is 1. The van der Waals surface area contributed by atoms with Gasteiger partial charge in [-0.2, -0.15) is 0 Å². The fourth-order valence-corrected chi connectivity index (χ4v) is 6.81. The molecule has 1 saturated carbocycles. The Hall–Kier alpha value is -2.22. The summed E-state index contributed by atoms with van der Waals surface area (Å²) in [5.41, 5.74) is 4.56. The zero-order valence-electron chi connectivity index (χ0n) is 21.3. The Kier molecular flexibility index (Phi) is 7.37. The van der Waals surface area contributed by atoms with E-state index in [9.17, 15) is 4.55 Å². The van der Waals surface area contributed by atoms with Crippen LogP contribution in [0.1, 0.15) is 18.4 Å². The topological polar surface area (TPSA) is 102 Å². The van der Waals surface area contributed by atoms with Crippen molar-refractivity contribution in [3.63, 3.8) is 0 Å². The molecule has 1 N–H and O–H groups in total. The number of thiophene rings is 1. The minimum atomic E-state index is -1.16. The lowest BCUT2D eigenvalue weighted by Gasteiger charge is -2.32. The Morgan fingerprint density at radius 3 is 2.68 bits per heavy atom. The number of nitrogens with zero attached hydrogens (tertiary/aromatic N) is 6. The number of hydrogen-bond acceptors (Lipinski definition) is 11. The lowest BCUT2D eigenvalue weighted by Crippen LogP contribution is -2.43. The van der Waals surface area contributed by atoms with Crippen molar-refractivity contribution in [2.24, 2.45) is 0 Å². The molecule has 2 aliphatic heterocycles. The molecule has 1 atom stereocenters. The maximum Gasteiger partial charge on any atom is 0.241 e. The predicted molar refractivity (Wildman–Crippen MR) is 148 cm³/mol. The lowest BCUT2D eigenvalue weighted by atomic mass is 10.1. The highest BCUT2D eigenvalue weighted by molar-refractivity contribution is 7.93. The number of morpholine rings is 1. The molecule has 1 aliphatic carbocycles. The van der Waals surface area contributed by atoms with Gasteiger partial charge >= 0.3 is 0 Å². The summed E-state index contributed by atoms with van der Waals surface area (Å²) in [5.74, 6) is 1.15. The van der Waals surface area contributed by atoms with Crippen molar-refractivity contribution in [3.8, 4) is 17.1 Å². The zero-order chi connectivity index (χ0) is 25.4. The molecule has 0 spiro atoms. The number of rotatable bonds is 8. The second-order valence-corrected chi connectivity index (χ2v) is 12.2. The molecule has 6 rings (SSSR count).